The Labute approximate surface area is 431 Å². The number of hydrogen-bond donors (Lipinski definition) is 2. The lowest BCUT2D eigenvalue weighted by molar-refractivity contribution is -0.870. The zero-order chi connectivity index (χ0) is 50.6. The number of rotatable bonds is 58. The first-order valence-electron chi connectivity index (χ1n) is 30.9. The van der Waals surface area contributed by atoms with Crippen LogP contribution in [-0.4, -0.2) is 68.5 Å². The van der Waals surface area contributed by atoms with E-state index in [2.05, 4.69) is 19.2 Å². The third-order valence-electron chi connectivity index (χ3n) is 14.6. The van der Waals surface area contributed by atoms with Crippen molar-refractivity contribution in [3.63, 3.8) is 0 Å². The number of amides is 1. The molecule has 414 valence electrons. The van der Waals surface area contributed by atoms with Gasteiger partial charge >= 0.3 is 0 Å². The third kappa shape index (κ3) is 55.1. The molecule has 8 nitrogen and oxygen atoms in total. The lowest BCUT2D eigenvalue weighted by atomic mass is 10.0. The minimum atomic E-state index is -4.55. The average molecular weight is 1000 g/mol. The van der Waals surface area contributed by atoms with Crippen molar-refractivity contribution in [2.75, 3.05) is 40.9 Å². The molecule has 3 atom stereocenters. The Morgan fingerprint density at radius 2 is 0.710 bits per heavy atom. The van der Waals surface area contributed by atoms with Gasteiger partial charge in [0.15, 0.2) is 0 Å². The van der Waals surface area contributed by atoms with Crippen LogP contribution in [0.5, 0.6) is 0 Å². The minimum absolute atomic E-state index is 0.0153. The van der Waals surface area contributed by atoms with E-state index < -0.39 is 20.0 Å². The number of nitrogens with one attached hydrogen (secondary N) is 1. The summed E-state index contributed by atoms with van der Waals surface area (Å²) in [6.07, 6.45) is 63.8. The second-order valence-corrected chi connectivity index (χ2v) is 24.2. The van der Waals surface area contributed by atoms with Gasteiger partial charge in [0.2, 0.25) is 5.91 Å². The number of carbonyl (C=O) groups is 1. The molecular formula is C60H123N2O6P. The van der Waals surface area contributed by atoms with E-state index in [-0.39, 0.29) is 19.1 Å². The van der Waals surface area contributed by atoms with Gasteiger partial charge in [-0.15, -0.1) is 0 Å². The van der Waals surface area contributed by atoms with Gasteiger partial charge in [0.1, 0.15) is 13.2 Å². The van der Waals surface area contributed by atoms with Crippen LogP contribution < -0.4 is 10.2 Å². The van der Waals surface area contributed by atoms with Gasteiger partial charge in [-0.2, -0.15) is 0 Å². The molecule has 1 amide bonds. The van der Waals surface area contributed by atoms with Crippen LogP contribution in [-0.2, 0) is 18.4 Å². The monoisotopic (exact) mass is 999 g/mol. The largest absolute Gasteiger partial charge is 0.756 e. The SMILES string of the molecule is CCCCCCCCCCCCCCCCCCCCCCCCCCCCCCCCCCCCCCCCCCCC(=O)NC(COP(=O)([O-])OCC[N+](C)(C)C)C(O)CCCCCCCC. The van der Waals surface area contributed by atoms with Gasteiger partial charge in [-0.05, 0) is 12.8 Å². The quantitative estimate of drug-likeness (QED) is 0.0357. The molecular weight excluding hydrogens is 876 g/mol. The van der Waals surface area contributed by atoms with Crippen molar-refractivity contribution < 1.29 is 32.9 Å². The molecule has 0 rings (SSSR count). The maximum absolute atomic E-state index is 12.9. The fourth-order valence-electron chi connectivity index (χ4n) is 9.75. The zero-order valence-electron chi connectivity index (χ0n) is 47.3. The molecule has 0 spiro atoms. The third-order valence-corrected chi connectivity index (χ3v) is 15.6. The van der Waals surface area contributed by atoms with Gasteiger partial charge in [-0.1, -0.05) is 309 Å². The zero-order valence-corrected chi connectivity index (χ0v) is 48.2. The van der Waals surface area contributed by atoms with Crippen molar-refractivity contribution in [3.05, 3.63) is 0 Å². The van der Waals surface area contributed by atoms with Crippen molar-refractivity contribution in [1.82, 2.24) is 5.32 Å². The lowest BCUT2D eigenvalue weighted by Gasteiger charge is -2.30. The number of quaternary nitrogens is 1. The predicted octanol–water partition coefficient (Wildman–Crippen LogP) is 18.2. The van der Waals surface area contributed by atoms with E-state index in [4.69, 9.17) is 9.05 Å². The van der Waals surface area contributed by atoms with Gasteiger partial charge in [0, 0.05) is 6.42 Å². The van der Waals surface area contributed by atoms with Gasteiger partial charge in [0.05, 0.1) is 39.9 Å². The van der Waals surface area contributed by atoms with Crippen LogP contribution in [0, 0.1) is 0 Å². The number of likely N-dealkylation sites (N-methyl/N-ethyl adjacent to an activating group) is 1. The maximum atomic E-state index is 12.9. The normalized spacial score (nSPS) is 13.8. The van der Waals surface area contributed by atoms with Crippen molar-refractivity contribution in [2.45, 2.75) is 341 Å². The summed E-state index contributed by atoms with van der Waals surface area (Å²) in [6, 6.07) is -0.792. The Hall–Kier alpha value is -0.500. The van der Waals surface area contributed by atoms with E-state index in [0.29, 0.717) is 23.9 Å². The molecule has 0 aliphatic rings. The molecule has 0 bridgehead atoms. The van der Waals surface area contributed by atoms with E-state index in [1.165, 1.54) is 263 Å². The van der Waals surface area contributed by atoms with Gasteiger partial charge in [-0.25, -0.2) is 0 Å². The van der Waals surface area contributed by atoms with Gasteiger partial charge < -0.3 is 28.8 Å². The standard InChI is InChI=1S/C60H123N2O6P/c1-6-8-10-12-14-15-16-17-18-19-20-21-22-23-24-25-26-27-28-29-30-31-32-33-34-35-36-37-38-39-40-41-42-43-44-45-46-47-48-50-52-54-60(64)61-58(59(63)53-51-49-13-11-9-7-2)57-68-69(65,66)67-56-55-62(3,4)5/h58-59,63H,6-57H2,1-5H3,(H-,61,64,65,66). The summed E-state index contributed by atoms with van der Waals surface area (Å²) in [5.41, 5.74) is 0. The highest BCUT2D eigenvalue weighted by Crippen LogP contribution is 2.38. The van der Waals surface area contributed by atoms with Gasteiger partial charge in [-0.3, -0.25) is 9.36 Å². The highest BCUT2D eigenvalue weighted by atomic mass is 31.2. The Bertz CT molecular complexity index is 1090. The number of aliphatic hydroxyl groups is 1. The molecule has 3 unspecified atom stereocenters. The smallest absolute Gasteiger partial charge is 0.268 e. The molecule has 0 saturated heterocycles. The topological polar surface area (TPSA) is 108 Å². The summed E-state index contributed by atoms with van der Waals surface area (Å²) in [5.74, 6) is -0.163. The molecule has 0 aliphatic heterocycles. The fraction of sp³-hybridized carbons (Fsp3) is 0.983. The summed E-state index contributed by atoms with van der Waals surface area (Å²) in [6.45, 7) is 4.69. The van der Waals surface area contributed by atoms with E-state index in [1.807, 2.05) is 21.1 Å². The van der Waals surface area contributed by atoms with Crippen molar-refractivity contribution >= 4 is 13.7 Å². The highest BCUT2D eigenvalue weighted by molar-refractivity contribution is 7.45. The Kier molecular flexibility index (Phi) is 52.0. The number of unbranched alkanes of at least 4 members (excludes halogenated alkanes) is 45. The maximum Gasteiger partial charge on any atom is 0.268 e. The molecule has 69 heavy (non-hydrogen) atoms. The molecule has 0 saturated carbocycles. The van der Waals surface area contributed by atoms with Crippen molar-refractivity contribution in [3.8, 4) is 0 Å². The van der Waals surface area contributed by atoms with E-state index in [9.17, 15) is 19.4 Å². The molecule has 0 aromatic rings. The number of nitrogens with zero attached hydrogens (tertiary/aromatic N) is 1. The number of carbonyl (C=O) groups excluding carboxylic acids is 1. The minimum Gasteiger partial charge on any atom is -0.756 e. The second-order valence-electron chi connectivity index (χ2n) is 22.8. The average Bonchev–Trinajstić information content (AvgIpc) is 3.31. The molecule has 2 N–H and O–H groups in total. The van der Waals surface area contributed by atoms with Gasteiger partial charge in [0.25, 0.3) is 7.82 Å². The molecule has 0 fully saturated rings. The first-order valence-corrected chi connectivity index (χ1v) is 32.3. The summed E-state index contributed by atoms with van der Waals surface area (Å²) >= 11 is 0. The number of phosphoric ester groups is 1. The number of aliphatic hydroxyl groups excluding tert-OH is 1. The van der Waals surface area contributed by atoms with Crippen molar-refractivity contribution in [2.24, 2.45) is 0 Å². The number of phosphoric acid groups is 1. The van der Waals surface area contributed by atoms with Crippen molar-refractivity contribution in [1.29, 1.82) is 0 Å². The second kappa shape index (κ2) is 52.4. The van der Waals surface area contributed by atoms with Crippen LogP contribution >= 0.6 is 7.82 Å². The summed E-state index contributed by atoms with van der Waals surface area (Å²) in [4.78, 5) is 25.3. The summed E-state index contributed by atoms with van der Waals surface area (Å²) in [7, 11) is 1.32. The van der Waals surface area contributed by atoms with E-state index >= 15 is 0 Å². The Balaban J connectivity index is 3.61. The Morgan fingerprint density at radius 3 is 0.986 bits per heavy atom. The first kappa shape index (κ1) is 68.5. The fourth-order valence-corrected chi connectivity index (χ4v) is 10.5. The first-order chi connectivity index (χ1) is 33.5. The molecule has 0 heterocycles. The van der Waals surface area contributed by atoms with E-state index in [1.54, 1.807) is 0 Å². The van der Waals surface area contributed by atoms with E-state index in [0.717, 1.165) is 38.5 Å². The lowest BCUT2D eigenvalue weighted by Crippen LogP contribution is -2.46. The Morgan fingerprint density at radius 1 is 0.449 bits per heavy atom. The van der Waals surface area contributed by atoms with Crippen LogP contribution in [0.2, 0.25) is 0 Å². The summed E-state index contributed by atoms with van der Waals surface area (Å²) in [5, 5.41) is 13.8. The van der Waals surface area contributed by atoms with Crippen LogP contribution in [0.4, 0.5) is 0 Å². The summed E-state index contributed by atoms with van der Waals surface area (Å²) < 4.78 is 23.2. The number of hydrogen-bond acceptors (Lipinski definition) is 6. The molecule has 9 heteroatoms. The molecule has 0 radical (unpaired) electrons. The molecule has 0 aromatic carbocycles. The van der Waals surface area contributed by atoms with Crippen LogP contribution in [0.3, 0.4) is 0 Å². The molecule has 0 aliphatic carbocycles. The van der Waals surface area contributed by atoms with Crippen LogP contribution in [0.15, 0.2) is 0 Å². The van der Waals surface area contributed by atoms with Crippen LogP contribution in [0.1, 0.15) is 328 Å². The predicted molar refractivity (Wildman–Crippen MR) is 298 cm³/mol. The molecule has 0 aromatic heterocycles. The van der Waals surface area contributed by atoms with Crippen LogP contribution in [0.25, 0.3) is 0 Å². The highest BCUT2D eigenvalue weighted by Gasteiger charge is 2.24.